The summed E-state index contributed by atoms with van der Waals surface area (Å²) in [6.45, 7) is 7.95. The summed E-state index contributed by atoms with van der Waals surface area (Å²) in [6.07, 6.45) is 1.78. The Morgan fingerprint density at radius 3 is 2.59 bits per heavy atom. The van der Waals surface area contributed by atoms with E-state index in [1.807, 2.05) is 24.6 Å². The molecule has 90 valence electrons. The molecule has 2 heterocycles. The molecule has 0 spiro atoms. The molecule has 0 atom stereocenters. The molecule has 2 aromatic heterocycles. The zero-order chi connectivity index (χ0) is 12.6. The van der Waals surface area contributed by atoms with Gasteiger partial charge in [-0.1, -0.05) is 0 Å². The van der Waals surface area contributed by atoms with Gasteiger partial charge in [0.1, 0.15) is 11.6 Å². The summed E-state index contributed by atoms with van der Waals surface area (Å²) in [4.78, 5) is 8.62. The van der Waals surface area contributed by atoms with Crippen molar-refractivity contribution in [2.45, 2.75) is 33.7 Å². The largest absolute Gasteiger partial charge is 0.383 e. The molecule has 5 heteroatoms. The molecule has 0 saturated heterocycles. The number of aryl methyl sites for hydroxylation is 1. The lowest BCUT2D eigenvalue weighted by Gasteiger charge is -2.13. The molecule has 0 aliphatic carbocycles. The smallest absolute Gasteiger partial charge is 0.130 e. The van der Waals surface area contributed by atoms with E-state index in [1.165, 1.54) is 0 Å². The van der Waals surface area contributed by atoms with Gasteiger partial charge in [-0.2, -0.15) is 5.10 Å². The summed E-state index contributed by atoms with van der Waals surface area (Å²) < 4.78 is 1.94. The standard InChI is InChI=1S/C12H17N5/c1-7(2)17-10(5-6-14-17)11-8(3)12(13)16-9(4)15-11/h5-7H,1-4H3,(H2,13,15,16). The van der Waals surface area contributed by atoms with Gasteiger partial charge in [-0.3, -0.25) is 4.68 Å². The molecule has 17 heavy (non-hydrogen) atoms. The van der Waals surface area contributed by atoms with Gasteiger partial charge in [-0.05, 0) is 33.8 Å². The molecule has 2 rings (SSSR count). The van der Waals surface area contributed by atoms with Crippen LogP contribution in [0.3, 0.4) is 0 Å². The van der Waals surface area contributed by atoms with Gasteiger partial charge in [-0.15, -0.1) is 0 Å². The van der Waals surface area contributed by atoms with Crippen molar-refractivity contribution in [1.29, 1.82) is 0 Å². The van der Waals surface area contributed by atoms with Gasteiger partial charge in [-0.25, -0.2) is 9.97 Å². The summed E-state index contributed by atoms with van der Waals surface area (Å²) in [6, 6.07) is 2.24. The third kappa shape index (κ3) is 2.00. The van der Waals surface area contributed by atoms with Gasteiger partial charge in [0, 0.05) is 17.8 Å². The van der Waals surface area contributed by atoms with E-state index >= 15 is 0 Å². The SMILES string of the molecule is Cc1nc(N)c(C)c(-c2ccnn2C(C)C)n1. The minimum atomic E-state index is 0.288. The number of anilines is 1. The third-order valence-electron chi connectivity index (χ3n) is 2.70. The molecule has 2 aromatic rings. The fourth-order valence-corrected chi connectivity index (χ4v) is 1.81. The van der Waals surface area contributed by atoms with Crippen LogP contribution in [-0.2, 0) is 0 Å². The molecule has 0 saturated carbocycles. The van der Waals surface area contributed by atoms with Crippen molar-refractivity contribution in [1.82, 2.24) is 19.7 Å². The van der Waals surface area contributed by atoms with Crippen LogP contribution in [0.5, 0.6) is 0 Å². The summed E-state index contributed by atoms with van der Waals surface area (Å²) in [5.74, 6) is 1.21. The van der Waals surface area contributed by atoms with Crippen LogP contribution in [0.15, 0.2) is 12.3 Å². The highest BCUT2D eigenvalue weighted by Gasteiger charge is 2.14. The third-order valence-corrected chi connectivity index (χ3v) is 2.70. The van der Waals surface area contributed by atoms with Gasteiger partial charge in [0.25, 0.3) is 0 Å². The van der Waals surface area contributed by atoms with E-state index in [2.05, 4.69) is 28.9 Å². The topological polar surface area (TPSA) is 69.6 Å². The van der Waals surface area contributed by atoms with E-state index in [9.17, 15) is 0 Å². The maximum Gasteiger partial charge on any atom is 0.130 e. The quantitative estimate of drug-likeness (QED) is 0.859. The molecule has 0 fully saturated rings. The number of rotatable bonds is 2. The second kappa shape index (κ2) is 4.16. The Labute approximate surface area is 101 Å². The molecular formula is C12H17N5. The Kier molecular flexibility index (Phi) is 2.83. The Morgan fingerprint density at radius 2 is 1.94 bits per heavy atom. The zero-order valence-corrected chi connectivity index (χ0v) is 10.6. The fraction of sp³-hybridized carbons (Fsp3) is 0.417. The van der Waals surface area contributed by atoms with Crippen LogP contribution in [0.1, 0.15) is 31.3 Å². The molecule has 2 N–H and O–H groups in total. The lowest BCUT2D eigenvalue weighted by molar-refractivity contribution is 0.537. The number of nitrogen functional groups attached to an aromatic ring is 1. The number of hydrogen-bond donors (Lipinski definition) is 1. The normalized spacial score (nSPS) is 11.1. The zero-order valence-electron chi connectivity index (χ0n) is 10.6. The van der Waals surface area contributed by atoms with Crippen LogP contribution in [0.2, 0.25) is 0 Å². The Balaban J connectivity index is 2.64. The van der Waals surface area contributed by atoms with E-state index < -0.39 is 0 Å². The number of nitrogens with two attached hydrogens (primary N) is 1. The summed E-state index contributed by atoms with van der Waals surface area (Å²) in [7, 11) is 0. The molecule has 0 aromatic carbocycles. The molecule has 0 radical (unpaired) electrons. The van der Waals surface area contributed by atoms with Gasteiger partial charge >= 0.3 is 0 Å². The second-order valence-electron chi connectivity index (χ2n) is 4.38. The number of hydrogen-bond acceptors (Lipinski definition) is 4. The molecule has 5 nitrogen and oxygen atoms in total. The first-order chi connectivity index (χ1) is 8.00. The first-order valence-electron chi connectivity index (χ1n) is 5.65. The monoisotopic (exact) mass is 231 g/mol. The van der Waals surface area contributed by atoms with Gasteiger partial charge < -0.3 is 5.73 Å². The number of nitrogens with zero attached hydrogens (tertiary/aromatic N) is 4. The van der Waals surface area contributed by atoms with E-state index in [0.29, 0.717) is 11.6 Å². The van der Waals surface area contributed by atoms with Crippen molar-refractivity contribution in [3.05, 3.63) is 23.7 Å². The van der Waals surface area contributed by atoms with Crippen LogP contribution in [0.4, 0.5) is 5.82 Å². The van der Waals surface area contributed by atoms with Crippen LogP contribution in [0.25, 0.3) is 11.4 Å². The van der Waals surface area contributed by atoms with Crippen molar-refractivity contribution in [2.24, 2.45) is 0 Å². The summed E-state index contributed by atoms with van der Waals surface area (Å²) in [5.41, 5.74) is 8.62. The van der Waals surface area contributed by atoms with Crippen molar-refractivity contribution in [2.75, 3.05) is 5.73 Å². The van der Waals surface area contributed by atoms with Crippen LogP contribution in [-0.4, -0.2) is 19.7 Å². The van der Waals surface area contributed by atoms with Crippen molar-refractivity contribution in [3.8, 4) is 11.4 Å². The first-order valence-corrected chi connectivity index (χ1v) is 5.65. The average molecular weight is 231 g/mol. The lowest BCUT2D eigenvalue weighted by atomic mass is 10.1. The van der Waals surface area contributed by atoms with Gasteiger partial charge in [0.15, 0.2) is 0 Å². The summed E-state index contributed by atoms with van der Waals surface area (Å²) >= 11 is 0. The van der Waals surface area contributed by atoms with Gasteiger partial charge in [0.05, 0.1) is 11.4 Å². The highest BCUT2D eigenvalue weighted by molar-refractivity contribution is 5.64. The highest BCUT2D eigenvalue weighted by atomic mass is 15.3. The molecule has 0 aliphatic heterocycles. The fourth-order valence-electron chi connectivity index (χ4n) is 1.81. The molecule has 0 unspecified atom stereocenters. The molecular weight excluding hydrogens is 214 g/mol. The van der Waals surface area contributed by atoms with Crippen LogP contribution < -0.4 is 5.73 Å². The first kappa shape index (κ1) is 11.6. The van der Waals surface area contributed by atoms with E-state index in [0.717, 1.165) is 17.0 Å². The number of aromatic nitrogens is 4. The predicted molar refractivity (Wildman–Crippen MR) is 67.5 cm³/mol. The van der Waals surface area contributed by atoms with E-state index in [1.54, 1.807) is 6.20 Å². The van der Waals surface area contributed by atoms with Crippen molar-refractivity contribution < 1.29 is 0 Å². The average Bonchev–Trinajstić information content (AvgIpc) is 2.72. The maximum atomic E-state index is 5.87. The predicted octanol–water partition coefficient (Wildman–Crippen LogP) is 2.12. The minimum absolute atomic E-state index is 0.288. The molecule has 0 aliphatic rings. The Bertz CT molecular complexity index is 542. The molecule has 0 bridgehead atoms. The van der Waals surface area contributed by atoms with E-state index in [-0.39, 0.29) is 6.04 Å². The van der Waals surface area contributed by atoms with Crippen LogP contribution in [0, 0.1) is 13.8 Å². The van der Waals surface area contributed by atoms with Crippen molar-refractivity contribution >= 4 is 5.82 Å². The van der Waals surface area contributed by atoms with Crippen molar-refractivity contribution in [3.63, 3.8) is 0 Å². The minimum Gasteiger partial charge on any atom is -0.383 e. The Hall–Kier alpha value is -1.91. The van der Waals surface area contributed by atoms with Gasteiger partial charge in [0.2, 0.25) is 0 Å². The van der Waals surface area contributed by atoms with Crippen LogP contribution >= 0.6 is 0 Å². The second-order valence-corrected chi connectivity index (χ2v) is 4.38. The summed E-state index contributed by atoms with van der Waals surface area (Å²) in [5, 5.41) is 4.31. The van der Waals surface area contributed by atoms with E-state index in [4.69, 9.17) is 5.73 Å². The lowest BCUT2D eigenvalue weighted by Crippen LogP contribution is -2.08. The maximum absolute atomic E-state index is 5.87. The Morgan fingerprint density at radius 1 is 1.24 bits per heavy atom. The molecule has 0 amide bonds. The highest BCUT2D eigenvalue weighted by Crippen LogP contribution is 2.25.